The molecule has 2 saturated carbocycles. The number of nitro groups is 1. The van der Waals surface area contributed by atoms with Gasteiger partial charge in [0.1, 0.15) is 0 Å². The normalized spacial score (nSPS) is 32.0. The number of carbonyl (C=O) groups is 2. The standard InChI is InChI=1S/C18H30N4O6/c1-11(23)17(18(24)19-13-6-4-5-7-15(13)27-2)21-20-14-9-8-12(22(25)26)10-16(14)28-3/h12-17H,4-10H2,1-3H3,(H,19,24). The molecule has 0 aromatic carbocycles. The third kappa shape index (κ3) is 5.78. The highest BCUT2D eigenvalue weighted by molar-refractivity contribution is 6.04. The van der Waals surface area contributed by atoms with Crippen molar-refractivity contribution in [2.24, 2.45) is 10.2 Å². The Morgan fingerprint density at radius 1 is 1.11 bits per heavy atom. The zero-order valence-corrected chi connectivity index (χ0v) is 16.7. The topological polar surface area (TPSA) is 132 Å². The molecule has 158 valence electrons. The lowest BCUT2D eigenvalue weighted by Gasteiger charge is -2.31. The van der Waals surface area contributed by atoms with Crippen molar-refractivity contribution in [2.45, 2.75) is 88.2 Å². The second-order valence-corrected chi connectivity index (χ2v) is 7.51. The summed E-state index contributed by atoms with van der Waals surface area (Å²) >= 11 is 0. The Labute approximate surface area is 164 Å². The van der Waals surface area contributed by atoms with Crippen molar-refractivity contribution in [3.63, 3.8) is 0 Å². The van der Waals surface area contributed by atoms with E-state index in [9.17, 15) is 19.7 Å². The number of hydrogen-bond acceptors (Lipinski definition) is 8. The minimum atomic E-state index is -1.23. The van der Waals surface area contributed by atoms with Crippen LogP contribution in [0.4, 0.5) is 0 Å². The molecule has 6 unspecified atom stereocenters. The van der Waals surface area contributed by atoms with Crippen LogP contribution in [0.1, 0.15) is 51.9 Å². The van der Waals surface area contributed by atoms with Gasteiger partial charge in [0.25, 0.3) is 5.91 Å². The molecule has 28 heavy (non-hydrogen) atoms. The Hall–Kier alpha value is -1.94. The Balaban J connectivity index is 2.02. The lowest BCUT2D eigenvalue weighted by atomic mass is 9.89. The van der Waals surface area contributed by atoms with Gasteiger partial charge in [-0.15, -0.1) is 0 Å². The predicted octanol–water partition coefficient (Wildman–Crippen LogP) is 1.68. The Morgan fingerprint density at radius 3 is 2.39 bits per heavy atom. The van der Waals surface area contributed by atoms with Gasteiger partial charge in [-0.2, -0.15) is 10.2 Å². The van der Waals surface area contributed by atoms with E-state index in [0.717, 1.165) is 25.7 Å². The maximum Gasteiger partial charge on any atom is 0.254 e. The number of nitrogens with zero attached hydrogens (tertiary/aromatic N) is 3. The molecule has 10 heteroatoms. The summed E-state index contributed by atoms with van der Waals surface area (Å²) in [7, 11) is 3.09. The second kappa shape index (κ2) is 10.6. The van der Waals surface area contributed by atoms with Crippen molar-refractivity contribution in [3.05, 3.63) is 10.1 Å². The van der Waals surface area contributed by atoms with Crippen molar-refractivity contribution < 1.29 is 24.0 Å². The third-order valence-electron chi connectivity index (χ3n) is 5.63. The van der Waals surface area contributed by atoms with E-state index in [0.29, 0.717) is 12.8 Å². The number of rotatable bonds is 8. The number of hydrogen-bond donors (Lipinski definition) is 1. The molecule has 2 aliphatic carbocycles. The lowest BCUT2D eigenvalue weighted by Crippen LogP contribution is -2.50. The van der Waals surface area contributed by atoms with Gasteiger partial charge in [-0.05, 0) is 26.2 Å². The zero-order valence-electron chi connectivity index (χ0n) is 16.7. The summed E-state index contributed by atoms with van der Waals surface area (Å²) in [4.78, 5) is 35.3. The molecule has 2 fully saturated rings. The van der Waals surface area contributed by atoms with Crippen molar-refractivity contribution >= 4 is 11.7 Å². The van der Waals surface area contributed by atoms with Crippen LogP contribution in [0, 0.1) is 10.1 Å². The van der Waals surface area contributed by atoms with Crippen LogP contribution in [0.25, 0.3) is 0 Å². The van der Waals surface area contributed by atoms with E-state index in [1.807, 2.05) is 0 Å². The van der Waals surface area contributed by atoms with Gasteiger partial charge in [0.15, 0.2) is 5.78 Å². The number of nitrogens with one attached hydrogen (secondary N) is 1. The fourth-order valence-corrected chi connectivity index (χ4v) is 3.95. The van der Waals surface area contributed by atoms with Crippen LogP contribution in [-0.4, -0.2) is 67.2 Å². The van der Waals surface area contributed by atoms with E-state index in [1.54, 1.807) is 7.11 Å². The van der Waals surface area contributed by atoms with Crippen LogP contribution in [-0.2, 0) is 19.1 Å². The van der Waals surface area contributed by atoms with E-state index in [2.05, 4.69) is 15.5 Å². The first-order valence-electron chi connectivity index (χ1n) is 9.77. The average molecular weight is 398 g/mol. The molecule has 0 heterocycles. The smallest absolute Gasteiger partial charge is 0.254 e. The fourth-order valence-electron chi connectivity index (χ4n) is 3.95. The summed E-state index contributed by atoms with van der Waals surface area (Å²) in [5.41, 5.74) is 0. The number of ether oxygens (including phenoxy) is 2. The monoisotopic (exact) mass is 398 g/mol. The van der Waals surface area contributed by atoms with Gasteiger partial charge in [-0.1, -0.05) is 12.8 Å². The molecule has 2 rings (SSSR count). The molecular weight excluding hydrogens is 368 g/mol. The SMILES string of the molecule is COC1CC([N+](=O)[O-])CCC1N=NC(C(C)=O)C(=O)NC1CCCCC1OC. The van der Waals surface area contributed by atoms with Crippen molar-refractivity contribution in [2.75, 3.05) is 14.2 Å². The first kappa shape index (κ1) is 22.4. The third-order valence-corrected chi connectivity index (χ3v) is 5.63. The van der Waals surface area contributed by atoms with Gasteiger partial charge in [0.05, 0.1) is 24.3 Å². The van der Waals surface area contributed by atoms with Crippen LogP contribution >= 0.6 is 0 Å². The van der Waals surface area contributed by atoms with E-state index in [4.69, 9.17) is 9.47 Å². The first-order valence-corrected chi connectivity index (χ1v) is 9.77. The summed E-state index contributed by atoms with van der Waals surface area (Å²) < 4.78 is 10.8. The number of carbonyl (C=O) groups excluding carboxylic acids is 2. The first-order chi connectivity index (χ1) is 13.4. The van der Waals surface area contributed by atoms with E-state index in [1.165, 1.54) is 14.0 Å². The zero-order chi connectivity index (χ0) is 20.7. The molecule has 0 aromatic rings. The molecule has 6 atom stereocenters. The number of amides is 1. The number of methoxy groups -OCH3 is 2. The van der Waals surface area contributed by atoms with Gasteiger partial charge in [-0.3, -0.25) is 19.7 Å². The molecule has 2 aliphatic rings. The van der Waals surface area contributed by atoms with Crippen LogP contribution in [0.2, 0.25) is 0 Å². The summed E-state index contributed by atoms with van der Waals surface area (Å²) in [5, 5.41) is 22.0. The van der Waals surface area contributed by atoms with Crippen molar-refractivity contribution in [3.8, 4) is 0 Å². The quantitative estimate of drug-likeness (QED) is 0.286. The van der Waals surface area contributed by atoms with Gasteiger partial charge < -0.3 is 14.8 Å². The number of ketones is 1. The minimum Gasteiger partial charge on any atom is -0.379 e. The van der Waals surface area contributed by atoms with Crippen LogP contribution in [0.5, 0.6) is 0 Å². The van der Waals surface area contributed by atoms with Crippen LogP contribution < -0.4 is 5.32 Å². The largest absolute Gasteiger partial charge is 0.379 e. The van der Waals surface area contributed by atoms with E-state index >= 15 is 0 Å². The maximum absolute atomic E-state index is 12.6. The Bertz CT molecular complexity index is 599. The summed E-state index contributed by atoms with van der Waals surface area (Å²) in [5.74, 6) is -0.892. The number of azo groups is 1. The molecule has 0 bridgehead atoms. The summed E-state index contributed by atoms with van der Waals surface area (Å²) in [6.07, 6.45) is 4.20. The molecule has 0 aromatic heterocycles. The molecule has 10 nitrogen and oxygen atoms in total. The Kier molecular flexibility index (Phi) is 8.43. The van der Waals surface area contributed by atoms with Crippen LogP contribution in [0.3, 0.4) is 0 Å². The van der Waals surface area contributed by atoms with E-state index in [-0.39, 0.29) is 23.5 Å². The molecule has 0 saturated heterocycles. The molecule has 0 spiro atoms. The molecule has 0 aliphatic heterocycles. The molecular formula is C18H30N4O6. The van der Waals surface area contributed by atoms with Crippen molar-refractivity contribution in [1.29, 1.82) is 0 Å². The van der Waals surface area contributed by atoms with Crippen molar-refractivity contribution in [1.82, 2.24) is 5.32 Å². The highest BCUT2D eigenvalue weighted by Crippen LogP contribution is 2.26. The van der Waals surface area contributed by atoms with Gasteiger partial charge in [0, 0.05) is 32.0 Å². The van der Waals surface area contributed by atoms with Crippen LogP contribution in [0.15, 0.2) is 10.2 Å². The van der Waals surface area contributed by atoms with E-state index < -0.39 is 35.9 Å². The molecule has 1 N–H and O–H groups in total. The summed E-state index contributed by atoms with van der Waals surface area (Å²) in [6.45, 7) is 1.30. The maximum atomic E-state index is 12.6. The van der Waals surface area contributed by atoms with Gasteiger partial charge in [0.2, 0.25) is 12.1 Å². The lowest BCUT2D eigenvalue weighted by molar-refractivity contribution is -0.528. The predicted molar refractivity (Wildman–Crippen MR) is 99.7 cm³/mol. The minimum absolute atomic E-state index is 0.0717. The number of Topliss-reactive ketones (excluding diaryl/α,β-unsaturated/α-hetero) is 1. The molecule has 0 radical (unpaired) electrons. The average Bonchev–Trinajstić information content (AvgIpc) is 2.68. The fraction of sp³-hybridized carbons (Fsp3) is 0.889. The van der Waals surface area contributed by atoms with Gasteiger partial charge in [-0.25, -0.2) is 0 Å². The highest BCUT2D eigenvalue weighted by atomic mass is 16.6. The molecule has 1 amide bonds. The van der Waals surface area contributed by atoms with Gasteiger partial charge >= 0.3 is 0 Å². The Morgan fingerprint density at radius 2 is 1.79 bits per heavy atom. The highest BCUT2D eigenvalue weighted by Gasteiger charge is 2.37. The summed E-state index contributed by atoms with van der Waals surface area (Å²) in [6, 6.07) is -2.45. The second-order valence-electron chi connectivity index (χ2n) is 7.51.